The zero-order chi connectivity index (χ0) is 19.7. The maximum atomic E-state index is 12.9. The molecule has 2 atom stereocenters. The number of rotatable bonds is 4. The number of hydrogen-bond donors (Lipinski definition) is 1. The smallest absolute Gasteiger partial charge is 0.267 e. The molecule has 1 N–H and O–H groups in total. The average molecular weight is 448 g/mol. The minimum absolute atomic E-state index is 0.00955. The van der Waals surface area contributed by atoms with Gasteiger partial charge in [0.15, 0.2) is 0 Å². The van der Waals surface area contributed by atoms with E-state index in [1.165, 1.54) is 24.3 Å². The highest BCUT2D eigenvalue weighted by atomic mass is 79.9. The quantitative estimate of drug-likeness (QED) is 0.769. The molecule has 1 aliphatic carbocycles. The topological polar surface area (TPSA) is 68.2 Å². The standard InChI is InChI=1S/C20H26BrN5O2/c1-24(16-5-3-2-4-6-16)19(27)12-25-20(28)18-11-17(23-26(18)13-22-25)14-7-9-15(21)10-8-14/h7-10,13,16-18,23H,2-6,11-12H2,1H3. The second-order valence-corrected chi connectivity index (χ2v) is 8.73. The second kappa shape index (κ2) is 8.21. The van der Waals surface area contributed by atoms with Crippen LogP contribution >= 0.6 is 15.9 Å². The average Bonchev–Trinajstić information content (AvgIpc) is 3.16. The van der Waals surface area contributed by atoms with E-state index in [2.05, 4.69) is 26.5 Å². The number of likely N-dealkylation sites (N-methyl/N-ethyl adjacent to an activating group) is 1. The van der Waals surface area contributed by atoms with E-state index in [-0.39, 0.29) is 36.5 Å². The lowest BCUT2D eigenvalue weighted by molar-refractivity contribution is -0.144. The number of halogens is 1. The molecule has 1 aromatic rings. The van der Waals surface area contributed by atoms with E-state index in [0.717, 1.165) is 22.9 Å². The molecule has 2 amide bonds. The van der Waals surface area contributed by atoms with Crippen LogP contribution in [0.1, 0.15) is 50.1 Å². The molecule has 7 nitrogen and oxygen atoms in total. The summed E-state index contributed by atoms with van der Waals surface area (Å²) in [5, 5.41) is 7.32. The van der Waals surface area contributed by atoms with Crippen molar-refractivity contribution < 1.29 is 9.59 Å². The molecule has 150 valence electrons. The molecule has 0 bridgehead atoms. The first-order valence-electron chi connectivity index (χ1n) is 9.94. The monoisotopic (exact) mass is 447 g/mol. The van der Waals surface area contributed by atoms with Gasteiger partial charge in [-0.1, -0.05) is 47.3 Å². The minimum Gasteiger partial charge on any atom is -0.341 e. The van der Waals surface area contributed by atoms with Crippen LogP contribution in [-0.4, -0.2) is 58.7 Å². The molecule has 2 fully saturated rings. The highest BCUT2D eigenvalue weighted by molar-refractivity contribution is 9.10. The maximum absolute atomic E-state index is 12.9. The first-order valence-corrected chi connectivity index (χ1v) is 10.7. The predicted octanol–water partition coefficient (Wildman–Crippen LogP) is 2.65. The number of carbonyl (C=O) groups excluding carboxylic acids is 2. The number of nitrogens with one attached hydrogen (secondary N) is 1. The van der Waals surface area contributed by atoms with Crippen molar-refractivity contribution in [3.63, 3.8) is 0 Å². The molecule has 2 aliphatic heterocycles. The SMILES string of the molecule is CN(C(=O)CN1N=CN2NC(c3ccc(Br)cc3)CC2C1=O)C1CCCCC1. The number of amides is 2. The Morgan fingerprint density at radius 3 is 2.68 bits per heavy atom. The number of nitrogens with zero attached hydrogens (tertiary/aromatic N) is 4. The summed E-state index contributed by atoms with van der Waals surface area (Å²) in [7, 11) is 1.85. The van der Waals surface area contributed by atoms with Crippen molar-refractivity contribution in [2.75, 3.05) is 13.6 Å². The zero-order valence-electron chi connectivity index (χ0n) is 16.1. The van der Waals surface area contributed by atoms with Gasteiger partial charge in [0.05, 0.1) is 6.04 Å². The summed E-state index contributed by atoms with van der Waals surface area (Å²) < 4.78 is 1.02. The number of benzene rings is 1. The molecule has 0 radical (unpaired) electrons. The van der Waals surface area contributed by atoms with E-state index in [1.807, 2.05) is 36.2 Å². The summed E-state index contributed by atoms with van der Waals surface area (Å²) in [5.74, 6) is -0.165. The lowest BCUT2D eigenvalue weighted by Crippen LogP contribution is -2.53. The molecule has 4 rings (SSSR count). The number of hydrogen-bond acceptors (Lipinski definition) is 5. The van der Waals surface area contributed by atoms with E-state index in [1.54, 1.807) is 11.3 Å². The number of hydrazine groups is 1. The van der Waals surface area contributed by atoms with Crippen molar-refractivity contribution >= 4 is 34.1 Å². The minimum atomic E-state index is -0.334. The predicted molar refractivity (Wildman–Crippen MR) is 110 cm³/mol. The fraction of sp³-hybridized carbons (Fsp3) is 0.550. The van der Waals surface area contributed by atoms with Gasteiger partial charge in [-0.2, -0.15) is 5.10 Å². The summed E-state index contributed by atoms with van der Waals surface area (Å²) in [5.41, 5.74) is 4.46. The summed E-state index contributed by atoms with van der Waals surface area (Å²) >= 11 is 3.45. The molecule has 0 spiro atoms. The van der Waals surface area contributed by atoms with Gasteiger partial charge in [-0.25, -0.2) is 10.4 Å². The van der Waals surface area contributed by atoms with Gasteiger partial charge in [0.2, 0.25) is 5.91 Å². The van der Waals surface area contributed by atoms with Crippen LogP contribution in [0.4, 0.5) is 0 Å². The van der Waals surface area contributed by atoms with Crippen LogP contribution in [0, 0.1) is 0 Å². The lowest BCUT2D eigenvalue weighted by Gasteiger charge is -2.34. The first kappa shape index (κ1) is 19.4. The third-order valence-corrected chi connectivity index (χ3v) is 6.56. The van der Waals surface area contributed by atoms with E-state index in [4.69, 9.17) is 0 Å². The number of carbonyl (C=O) groups is 2. The number of hydrazone groups is 1. The van der Waals surface area contributed by atoms with Gasteiger partial charge >= 0.3 is 0 Å². The van der Waals surface area contributed by atoms with Crippen LogP contribution in [-0.2, 0) is 9.59 Å². The lowest BCUT2D eigenvalue weighted by atomic mass is 9.94. The molecule has 28 heavy (non-hydrogen) atoms. The Hall–Kier alpha value is -1.93. The molecule has 1 saturated carbocycles. The molecular weight excluding hydrogens is 422 g/mol. The van der Waals surface area contributed by atoms with Crippen LogP contribution in [0.3, 0.4) is 0 Å². The van der Waals surface area contributed by atoms with Crippen molar-refractivity contribution in [3.8, 4) is 0 Å². The fourth-order valence-electron chi connectivity index (χ4n) is 4.28. The normalized spacial score (nSPS) is 25.1. The maximum Gasteiger partial charge on any atom is 0.267 e. The molecule has 2 unspecified atom stereocenters. The molecule has 2 heterocycles. The van der Waals surface area contributed by atoms with Gasteiger partial charge in [0, 0.05) is 17.6 Å². The summed E-state index contributed by atoms with van der Waals surface area (Å²) in [6.45, 7) is 0.00955. The molecule has 1 aromatic carbocycles. The second-order valence-electron chi connectivity index (χ2n) is 7.82. The van der Waals surface area contributed by atoms with Crippen molar-refractivity contribution in [3.05, 3.63) is 34.3 Å². The highest BCUT2D eigenvalue weighted by Gasteiger charge is 2.41. The van der Waals surface area contributed by atoms with Crippen molar-refractivity contribution in [1.82, 2.24) is 20.3 Å². The van der Waals surface area contributed by atoms with Crippen molar-refractivity contribution in [1.29, 1.82) is 0 Å². The molecule has 0 aromatic heterocycles. The van der Waals surface area contributed by atoms with Crippen LogP contribution in [0.25, 0.3) is 0 Å². The Kier molecular flexibility index (Phi) is 5.68. The Morgan fingerprint density at radius 2 is 1.96 bits per heavy atom. The Bertz CT molecular complexity index is 762. The van der Waals surface area contributed by atoms with Gasteiger partial charge in [-0.15, -0.1) is 0 Å². The van der Waals surface area contributed by atoms with Crippen LogP contribution in [0.2, 0.25) is 0 Å². The summed E-state index contributed by atoms with van der Waals surface area (Å²) in [6.07, 6.45) is 7.96. The molecule has 8 heteroatoms. The Balaban J connectivity index is 1.38. The largest absolute Gasteiger partial charge is 0.341 e. The van der Waals surface area contributed by atoms with E-state index in [9.17, 15) is 9.59 Å². The van der Waals surface area contributed by atoms with Crippen LogP contribution < -0.4 is 5.43 Å². The van der Waals surface area contributed by atoms with Crippen molar-refractivity contribution in [2.24, 2.45) is 5.10 Å². The number of fused-ring (bicyclic) bond motifs is 1. The van der Waals surface area contributed by atoms with E-state index >= 15 is 0 Å². The van der Waals surface area contributed by atoms with Crippen LogP contribution in [0.15, 0.2) is 33.8 Å². The van der Waals surface area contributed by atoms with Crippen molar-refractivity contribution in [2.45, 2.75) is 56.7 Å². The summed E-state index contributed by atoms with van der Waals surface area (Å²) in [6, 6.07) is 8.08. The van der Waals surface area contributed by atoms with E-state index in [0.29, 0.717) is 6.42 Å². The Morgan fingerprint density at radius 1 is 1.25 bits per heavy atom. The molecule has 1 saturated heterocycles. The van der Waals surface area contributed by atoms with E-state index < -0.39 is 0 Å². The third kappa shape index (κ3) is 3.93. The van der Waals surface area contributed by atoms with Gasteiger partial charge in [-0.3, -0.25) is 14.6 Å². The fourth-order valence-corrected chi connectivity index (χ4v) is 4.54. The van der Waals surface area contributed by atoms with Gasteiger partial charge in [0.1, 0.15) is 18.9 Å². The molecule has 3 aliphatic rings. The third-order valence-electron chi connectivity index (χ3n) is 6.03. The summed E-state index contributed by atoms with van der Waals surface area (Å²) in [4.78, 5) is 27.4. The van der Waals surface area contributed by atoms with Crippen LogP contribution in [0.5, 0.6) is 0 Å². The molecular formula is C20H26BrN5O2. The Labute approximate surface area is 173 Å². The van der Waals surface area contributed by atoms with Gasteiger partial charge < -0.3 is 4.90 Å². The first-order chi connectivity index (χ1) is 13.5. The van der Waals surface area contributed by atoms with Gasteiger partial charge in [-0.05, 0) is 37.0 Å². The zero-order valence-corrected chi connectivity index (χ0v) is 17.6. The highest BCUT2D eigenvalue weighted by Crippen LogP contribution is 2.30. The van der Waals surface area contributed by atoms with Gasteiger partial charge in [0.25, 0.3) is 5.91 Å².